The van der Waals surface area contributed by atoms with E-state index in [0.29, 0.717) is 35.6 Å². The zero-order valence-electron chi connectivity index (χ0n) is 11.0. The molecule has 1 atom stereocenters. The fraction of sp³-hybridized carbons (Fsp3) is 0.583. The normalized spacial score (nSPS) is 22.0. The van der Waals surface area contributed by atoms with Crippen molar-refractivity contribution < 1.29 is 9.59 Å². The molecule has 1 saturated carbocycles. The van der Waals surface area contributed by atoms with Gasteiger partial charge in [0.25, 0.3) is 5.91 Å². The number of hydrogen-bond acceptors (Lipinski definition) is 6. The number of carbonyl (C=O) groups excluding carboxylic acids is 2. The first kappa shape index (κ1) is 13.2. The number of hydrogen-bond donors (Lipinski definition) is 3. The van der Waals surface area contributed by atoms with Crippen LogP contribution in [0.25, 0.3) is 0 Å². The molecule has 2 fully saturated rings. The number of likely N-dealkylation sites (tertiary alicyclic amines) is 1. The number of nitrogens with one attached hydrogen (secondary N) is 1. The van der Waals surface area contributed by atoms with Crippen LogP contribution in [0.3, 0.4) is 0 Å². The van der Waals surface area contributed by atoms with E-state index in [4.69, 9.17) is 11.5 Å². The average Bonchev–Trinajstić information content (AvgIpc) is 2.93. The number of anilines is 2. The Hall–Kier alpha value is -1.83. The quantitative estimate of drug-likeness (QED) is 0.736. The van der Waals surface area contributed by atoms with Gasteiger partial charge in [-0.05, 0) is 19.3 Å². The number of nitrogens with two attached hydrogens (primary N) is 2. The number of thiazole rings is 1. The minimum atomic E-state index is -0.353. The van der Waals surface area contributed by atoms with Gasteiger partial charge >= 0.3 is 0 Å². The third-order valence-corrected chi connectivity index (χ3v) is 4.62. The average molecular weight is 295 g/mol. The molecular weight excluding hydrogens is 278 g/mol. The van der Waals surface area contributed by atoms with E-state index in [1.54, 1.807) is 4.90 Å². The van der Waals surface area contributed by atoms with Crippen molar-refractivity contribution in [2.45, 2.75) is 25.3 Å². The summed E-state index contributed by atoms with van der Waals surface area (Å²) in [6.45, 7) is 0.909. The van der Waals surface area contributed by atoms with Crippen LogP contribution in [0.2, 0.25) is 0 Å². The largest absolute Gasteiger partial charge is 0.382 e. The number of nitrogen functional groups attached to an aromatic ring is 1. The SMILES string of the molecule is NC(=O)C1CCN(C(=O)c2sc(NC3CC3)nc2N)C1. The third kappa shape index (κ3) is 2.55. The molecule has 2 amide bonds. The summed E-state index contributed by atoms with van der Waals surface area (Å²) in [5.74, 6) is -0.510. The predicted octanol–water partition coefficient (Wildman–Crippen LogP) is 0.247. The van der Waals surface area contributed by atoms with Crippen molar-refractivity contribution in [1.29, 1.82) is 0 Å². The number of rotatable bonds is 4. The first-order chi connectivity index (χ1) is 9.54. The van der Waals surface area contributed by atoms with Crippen LogP contribution in [0.5, 0.6) is 0 Å². The summed E-state index contributed by atoms with van der Waals surface area (Å²) in [6.07, 6.45) is 2.89. The van der Waals surface area contributed by atoms with Gasteiger partial charge in [0.05, 0.1) is 5.92 Å². The summed E-state index contributed by atoms with van der Waals surface area (Å²) < 4.78 is 0. The molecule has 0 radical (unpaired) electrons. The van der Waals surface area contributed by atoms with Crippen molar-refractivity contribution in [3.05, 3.63) is 4.88 Å². The Labute approximate surface area is 120 Å². The fourth-order valence-electron chi connectivity index (χ4n) is 2.27. The molecule has 1 aliphatic carbocycles. The zero-order chi connectivity index (χ0) is 14.3. The van der Waals surface area contributed by atoms with Crippen LogP contribution in [0.1, 0.15) is 28.9 Å². The number of carbonyl (C=O) groups is 2. The first-order valence-corrected chi connectivity index (χ1v) is 7.47. The van der Waals surface area contributed by atoms with Crippen LogP contribution in [-0.2, 0) is 4.79 Å². The molecule has 2 heterocycles. The second-order valence-corrected chi connectivity index (χ2v) is 6.29. The van der Waals surface area contributed by atoms with Crippen molar-refractivity contribution in [1.82, 2.24) is 9.88 Å². The highest BCUT2D eigenvalue weighted by molar-refractivity contribution is 7.18. The fourth-order valence-corrected chi connectivity index (χ4v) is 3.20. The van der Waals surface area contributed by atoms with Gasteiger partial charge in [0.15, 0.2) is 5.13 Å². The van der Waals surface area contributed by atoms with E-state index in [9.17, 15) is 9.59 Å². The lowest BCUT2D eigenvalue weighted by molar-refractivity contribution is -0.121. The Kier molecular flexibility index (Phi) is 3.25. The molecule has 0 aromatic carbocycles. The standard InChI is InChI=1S/C12H17N5O2S/c13-9-8(20-12(16-9)15-7-1-2-7)11(19)17-4-3-6(5-17)10(14)18/h6-7H,1-5,13H2,(H2,14,18)(H,15,16). The van der Waals surface area contributed by atoms with Crippen molar-refractivity contribution >= 4 is 34.1 Å². The molecule has 2 aliphatic rings. The molecule has 20 heavy (non-hydrogen) atoms. The molecule has 108 valence electrons. The van der Waals surface area contributed by atoms with Gasteiger partial charge in [-0.25, -0.2) is 4.98 Å². The van der Waals surface area contributed by atoms with Crippen molar-refractivity contribution in [3.8, 4) is 0 Å². The van der Waals surface area contributed by atoms with Gasteiger partial charge in [0, 0.05) is 19.1 Å². The first-order valence-electron chi connectivity index (χ1n) is 6.66. The highest BCUT2D eigenvalue weighted by atomic mass is 32.1. The summed E-state index contributed by atoms with van der Waals surface area (Å²) in [7, 11) is 0. The molecule has 1 unspecified atom stereocenters. The predicted molar refractivity (Wildman–Crippen MR) is 76.4 cm³/mol. The van der Waals surface area contributed by atoms with Gasteiger partial charge in [-0.15, -0.1) is 0 Å². The van der Waals surface area contributed by atoms with E-state index >= 15 is 0 Å². The van der Waals surface area contributed by atoms with Crippen molar-refractivity contribution in [2.24, 2.45) is 11.7 Å². The lowest BCUT2D eigenvalue weighted by atomic mass is 10.1. The maximum atomic E-state index is 12.4. The lowest BCUT2D eigenvalue weighted by Gasteiger charge is -2.14. The second-order valence-electron chi connectivity index (χ2n) is 5.29. The minimum Gasteiger partial charge on any atom is -0.382 e. The summed E-state index contributed by atoms with van der Waals surface area (Å²) in [4.78, 5) is 29.8. The zero-order valence-corrected chi connectivity index (χ0v) is 11.8. The Bertz CT molecular complexity index is 554. The van der Waals surface area contributed by atoms with E-state index in [0.717, 1.165) is 12.8 Å². The summed E-state index contributed by atoms with van der Waals surface area (Å²) in [5, 5.41) is 3.93. The third-order valence-electron chi connectivity index (χ3n) is 3.63. The molecule has 1 aromatic heterocycles. The van der Waals surface area contributed by atoms with Gasteiger partial charge in [-0.3, -0.25) is 9.59 Å². The molecule has 0 spiro atoms. The van der Waals surface area contributed by atoms with Crippen LogP contribution in [0.15, 0.2) is 0 Å². The van der Waals surface area contributed by atoms with Crippen molar-refractivity contribution in [2.75, 3.05) is 24.1 Å². The van der Waals surface area contributed by atoms with E-state index in [2.05, 4.69) is 10.3 Å². The number of primary amides is 1. The molecule has 1 saturated heterocycles. The minimum absolute atomic E-state index is 0.160. The van der Waals surface area contributed by atoms with Crippen LogP contribution >= 0.6 is 11.3 Å². The smallest absolute Gasteiger partial charge is 0.267 e. The molecule has 5 N–H and O–H groups in total. The van der Waals surface area contributed by atoms with E-state index < -0.39 is 0 Å². The van der Waals surface area contributed by atoms with Crippen LogP contribution in [0, 0.1) is 5.92 Å². The number of aromatic nitrogens is 1. The highest BCUT2D eigenvalue weighted by Crippen LogP contribution is 2.32. The molecule has 3 rings (SSSR count). The maximum absolute atomic E-state index is 12.4. The molecule has 1 aromatic rings. The summed E-state index contributed by atoms with van der Waals surface area (Å²) in [5.41, 5.74) is 11.1. The highest BCUT2D eigenvalue weighted by Gasteiger charge is 2.32. The summed E-state index contributed by atoms with van der Waals surface area (Å²) in [6, 6.07) is 0.467. The lowest BCUT2D eigenvalue weighted by Crippen LogP contribution is -2.31. The molecule has 1 aliphatic heterocycles. The Morgan fingerprint density at radius 1 is 1.35 bits per heavy atom. The van der Waals surface area contributed by atoms with Crippen LogP contribution in [0.4, 0.5) is 10.9 Å². The van der Waals surface area contributed by atoms with E-state index in [1.165, 1.54) is 11.3 Å². The van der Waals surface area contributed by atoms with Crippen molar-refractivity contribution in [3.63, 3.8) is 0 Å². The molecular formula is C12H17N5O2S. The van der Waals surface area contributed by atoms with Crippen LogP contribution < -0.4 is 16.8 Å². The maximum Gasteiger partial charge on any atom is 0.267 e. The van der Waals surface area contributed by atoms with E-state index in [-0.39, 0.29) is 23.6 Å². The van der Waals surface area contributed by atoms with Crippen LogP contribution in [-0.4, -0.2) is 40.8 Å². The Balaban J connectivity index is 1.70. The molecule has 7 nitrogen and oxygen atoms in total. The van der Waals surface area contributed by atoms with Gasteiger partial charge in [0.2, 0.25) is 5.91 Å². The summed E-state index contributed by atoms with van der Waals surface area (Å²) >= 11 is 1.28. The topological polar surface area (TPSA) is 114 Å². The Morgan fingerprint density at radius 3 is 2.70 bits per heavy atom. The van der Waals surface area contributed by atoms with Gasteiger partial charge in [-0.1, -0.05) is 11.3 Å². The van der Waals surface area contributed by atoms with E-state index in [1.807, 2.05) is 0 Å². The second kappa shape index (κ2) is 4.93. The Morgan fingerprint density at radius 2 is 2.10 bits per heavy atom. The molecule has 0 bridgehead atoms. The van der Waals surface area contributed by atoms with Gasteiger partial charge < -0.3 is 21.7 Å². The van der Waals surface area contributed by atoms with Gasteiger partial charge in [0.1, 0.15) is 10.7 Å². The van der Waals surface area contributed by atoms with Gasteiger partial charge in [-0.2, -0.15) is 0 Å². The monoisotopic (exact) mass is 295 g/mol. The molecule has 8 heteroatoms. The number of amides is 2. The number of nitrogens with zero attached hydrogens (tertiary/aromatic N) is 2.